The van der Waals surface area contributed by atoms with Crippen LogP contribution in [0.25, 0.3) is 11.0 Å². The second kappa shape index (κ2) is 26.8. The van der Waals surface area contributed by atoms with Crippen LogP contribution in [0.3, 0.4) is 0 Å². The molecule has 7 amide bonds. The maximum absolute atomic E-state index is 14.4. The van der Waals surface area contributed by atoms with Gasteiger partial charge in [0, 0.05) is 136 Å². The minimum Gasteiger partial charge on any atom is -0.394 e. The number of nitrogens with two attached hydrogens (primary N) is 6. The van der Waals surface area contributed by atoms with Crippen molar-refractivity contribution in [2.45, 2.75) is 183 Å². The molecule has 91 heavy (non-hydrogen) atoms. The van der Waals surface area contributed by atoms with Crippen molar-refractivity contribution < 1.29 is 83.8 Å². The number of rotatable bonds is 26. The van der Waals surface area contributed by atoms with Crippen molar-refractivity contribution in [1.82, 2.24) is 14.9 Å². The van der Waals surface area contributed by atoms with E-state index in [2.05, 4.69) is 10.3 Å². The fourth-order valence-electron chi connectivity index (χ4n) is 15.0. The van der Waals surface area contributed by atoms with E-state index in [1.807, 2.05) is 66.7 Å². The number of hydrogen-bond donors (Lipinski definition) is 10. The molecule has 1 aromatic carbocycles. The molecule has 14 atom stereocenters. The number of phosphoric acid groups is 1. The summed E-state index contributed by atoms with van der Waals surface area (Å²) in [6, 6.07) is 3.73. The first-order chi connectivity index (χ1) is 41.8. The summed E-state index contributed by atoms with van der Waals surface area (Å²) in [4.78, 5) is 131. The average Bonchev–Trinajstić information content (AvgIpc) is 1.53. The maximum Gasteiger partial charge on any atom is 0.472 e. The Labute approximate surface area is 539 Å². The summed E-state index contributed by atoms with van der Waals surface area (Å²) in [6.45, 7) is 19.0. The van der Waals surface area contributed by atoms with Gasteiger partial charge in [-0.1, -0.05) is 34.6 Å². The summed E-state index contributed by atoms with van der Waals surface area (Å²) in [7, 11) is -5.07. The molecule has 1 fully saturated rings. The summed E-state index contributed by atoms with van der Waals surface area (Å²) >= 11 is 0. The number of amides is 7. The van der Waals surface area contributed by atoms with Gasteiger partial charge in [-0.25, -0.2) is 9.55 Å². The van der Waals surface area contributed by atoms with Gasteiger partial charge in [-0.2, -0.15) is 0 Å². The Balaban J connectivity index is 0.0000118. The van der Waals surface area contributed by atoms with Gasteiger partial charge in [-0.15, -0.1) is 0 Å². The minimum atomic E-state index is -5.07. The summed E-state index contributed by atoms with van der Waals surface area (Å²) in [5.41, 5.74) is 36.8. The summed E-state index contributed by atoms with van der Waals surface area (Å²) in [6.07, 6.45) is -4.63. The topological polar surface area (TPSA) is 460 Å². The normalized spacial score (nSPS) is 30.9. The molecule has 1 radical (unpaired) electrons. The third-order valence-electron chi connectivity index (χ3n) is 20.2. The minimum absolute atomic E-state index is 0. The molecule has 0 aliphatic carbocycles. The number of carbonyl (C=O) groups excluding carboxylic acids is 7. The van der Waals surface area contributed by atoms with Crippen LogP contribution in [0.1, 0.15) is 150 Å². The maximum atomic E-state index is 14.4. The molecule has 1 aromatic heterocycles. The standard InChI is InChI=1S/C62H88N13O14P.Co/c1-29-20-39-40(21-30(29)2)75(28-70-39)57-52(84)53(41(27-76)87-57)89-90(85,86)88-31(3)26-69-49(83)18-19-59(8)37(22-46(66)80)56-62(11)61(10,25-48(68)82)36(14-17-45(65)79)51(74-62)33(5)55-60(9,24-47(67)81)34(12-15-43(63)77)38(71-55)23-42-58(6,7)35(13-16-44(64)78)50(72-42)32(4)54(59)73-56;/h20-21,23,28,31,34-37,41,52-53,57,76,84H,12-19,22,24-27H2,1-11H3,(H2,63,77)(H2,64,78)(H2,65,79)(H2,66,80)(H2,67,81)(H2,68,82)(H,69,83)(H,85,86);. The predicted octanol–water partition coefficient (Wildman–Crippen LogP) is 3.64. The van der Waals surface area contributed by atoms with Gasteiger partial charge in [0.25, 0.3) is 0 Å². The van der Waals surface area contributed by atoms with Crippen LogP contribution in [0.5, 0.6) is 0 Å². The molecular weight excluding hydrogens is 1240 g/mol. The van der Waals surface area contributed by atoms with Gasteiger partial charge in [0.15, 0.2) is 6.23 Å². The number of benzene rings is 1. The largest absolute Gasteiger partial charge is 0.472 e. The number of phosphoric ester groups is 1. The van der Waals surface area contributed by atoms with Crippen molar-refractivity contribution in [2.24, 2.45) is 99.7 Å². The number of carbonyl (C=O) groups is 7. The van der Waals surface area contributed by atoms with Crippen molar-refractivity contribution >= 4 is 83.1 Å². The third kappa shape index (κ3) is 13.8. The number of imidazole rings is 1. The Bertz CT molecular complexity index is 3610. The first kappa shape index (κ1) is 71.8. The van der Waals surface area contributed by atoms with Crippen LogP contribution in [0.2, 0.25) is 0 Å². The fraction of sp³-hybridized carbons (Fsp3) is 0.613. The summed E-state index contributed by atoms with van der Waals surface area (Å²) in [5.74, 6) is -7.52. The van der Waals surface area contributed by atoms with Gasteiger partial charge >= 0.3 is 7.82 Å². The second-order valence-corrected chi connectivity index (χ2v) is 28.2. The molecule has 499 valence electrons. The van der Waals surface area contributed by atoms with Crippen LogP contribution in [0, 0.1) is 59.2 Å². The van der Waals surface area contributed by atoms with E-state index in [-0.39, 0.29) is 94.0 Å². The van der Waals surface area contributed by atoms with Gasteiger partial charge in [0.2, 0.25) is 41.4 Å². The zero-order chi connectivity index (χ0) is 66.7. The van der Waals surface area contributed by atoms with Gasteiger partial charge in [0.1, 0.15) is 23.9 Å². The Morgan fingerprint density at radius 2 is 1.31 bits per heavy atom. The monoisotopic (exact) mass is 1330 g/mol. The van der Waals surface area contributed by atoms with E-state index < -0.39 is 137 Å². The molecule has 6 aliphatic heterocycles. The summed E-state index contributed by atoms with van der Waals surface area (Å²) in [5, 5.41) is 24.6. The van der Waals surface area contributed by atoms with Crippen molar-refractivity contribution in [3.05, 3.63) is 63.9 Å². The van der Waals surface area contributed by atoms with Crippen LogP contribution in [0.4, 0.5) is 0 Å². The Kier molecular flexibility index (Phi) is 21.1. The van der Waals surface area contributed by atoms with Crippen LogP contribution in [-0.4, -0.2) is 132 Å². The first-order valence-electron chi connectivity index (χ1n) is 30.4. The number of fused-ring (bicyclic) bond motifs is 6. The first-order valence-corrected chi connectivity index (χ1v) is 31.9. The smallest absolute Gasteiger partial charge is 0.394 e. The molecule has 27 nitrogen and oxygen atoms in total. The Morgan fingerprint density at radius 1 is 0.736 bits per heavy atom. The van der Waals surface area contributed by atoms with Crippen molar-refractivity contribution in [3.63, 3.8) is 0 Å². The number of allylic oxidation sites excluding steroid dienone is 6. The molecule has 0 spiro atoms. The van der Waals surface area contributed by atoms with Crippen LogP contribution >= 0.6 is 7.82 Å². The predicted molar refractivity (Wildman–Crippen MR) is 334 cm³/mol. The van der Waals surface area contributed by atoms with Gasteiger partial charge < -0.3 is 64.1 Å². The van der Waals surface area contributed by atoms with E-state index in [9.17, 15) is 53.2 Å². The molecular formula is C62H88CoN13O14P. The van der Waals surface area contributed by atoms with E-state index in [4.69, 9.17) is 68.2 Å². The number of primary amides is 6. The molecule has 1 saturated heterocycles. The van der Waals surface area contributed by atoms with Crippen molar-refractivity contribution in [1.29, 1.82) is 0 Å². The van der Waals surface area contributed by atoms with Crippen LogP contribution in [0.15, 0.2) is 72.7 Å². The number of aliphatic hydroxyl groups is 2. The van der Waals surface area contributed by atoms with Crippen LogP contribution < -0.4 is 39.7 Å². The molecule has 2 aromatic rings. The third-order valence-corrected chi connectivity index (χ3v) is 21.3. The molecule has 0 saturated carbocycles. The number of nitrogens with zero attached hydrogens (tertiary/aromatic N) is 6. The molecule has 8 rings (SSSR count). The van der Waals surface area contributed by atoms with E-state index in [1.165, 1.54) is 13.3 Å². The molecule has 16 N–H and O–H groups in total. The van der Waals surface area contributed by atoms with Crippen molar-refractivity contribution in [2.75, 3.05) is 13.2 Å². The van der Waals surface area contributed by atoms with E-state index in [0.29, 0.717) is 62.1 Å². The molecule has 29 heteroatoms. The number of aliphatic hydroxyl groups excluding tert-OH is 2. The molecule has 8 bridgehead atoms. The van der Waals surface area contributed by atoms with Crippen LogP contribution in [-0.2, 0) is 68.7 Å². The van der Waals surface area contributed by atoms with E-state index in [0.717, 1.165) is 11.1 Å². The van der Waals surface area contributed by atoms with Crippen molar-refractivity contribution in [3.8, 4) is 0 Å². The average molecular weight is 1330 g/mol. The van der Waals surface area contributed by atoms with Gasteiger partial charge in [-0.3, -0.25) is 62.6 Å². The SMILES string of the molecule is CC1=C2N=C(C=C3N=C(C(C)=C4N=C(C(CC(N)=O)C4(C)CCC(=O)NCC(C)OP(=O)(O)OC4C(CO)OC(n5cnc6cc(C)c(C)cc65)C4O)C4(C)N=C1C(CCC(N)=O)C4(C)CC(N)=O)C(CCC(N)=O)C3(C)C)C(CCC(N)=O)C2(C)CC(N)=O.[Co]. The second-order valence-electron chi connectivity index (χ2n) is 26.8. The number of aryl methyl sites for hydroxylation is 2. The quantitative estimate of drug-likeness (QED) is 0.0601. The van der Waals surface area contributed by atoms with E-state index in [1.54, 1.807) is 25.3 Å². The number of ether oxygens (including phenoxy) is 1. The zero-order valence-corrected chi connectivity index (χ0v) is 55.4. The van der Waals surface area contributed by atoms with Gasteiger partial charge in [0.05, 0.1) is 47.2 Å². The van der Waals surface area contributed by atoms with E-state index >= 15 is 0 Å². The molecule has 7 heterocycles. The molecule has 6 aliphatic rings. The number of hydrogen-bond acceptors (Lipinski definition) is 18. The fourth-order valence-corrected chi connectivity index (χ4v) is 16.2. The number of aromatic nitrogens is 2. The Hall–Kier alpha value is -6.62. The summed E-state index contributed by atoms with van der Waals surface area (Å²) < 4.78 is 32.2. The zero-order valence-electron chi connectivity index (χ0n) is 53.5. The number of nitrogens with one attached hydrogen (secondary N) is 1. The van der Waals surface area contributed by atoms with Gasteiger partial charge in [-0.05, 0) is 108 Å². The Morgan fingerprint density at radius 3 is 1.89 bits per heavy atom. The number of aliphatic imine (C=N–C) groups is 4. The molecule has 14 unspecified atom stereocenters.